The lowest BCUT2D eigenvalue weighted by Gasteiger charge is -2.31. The molecule has 0 heterocycles. The van der Waals surface area contributed by atoms with Gasteiger partial charge >= 0.3 is 6.18 Å². The Morgan fingerprint density at radius 2 is 1.58 bits per heavy atom. The Morgan fingerprint density at radius 3 is 2.00 bits per heavy atom. The van der Waals surface area contributed by atoms with Crippen LogP contribution >= 0.6 is 0 Å². The van der Waals surface area contributed by atoms with Crippen molar-refractivity contribution >= 4 is 11.4 Å². The summed E-state index contributed by atoms with van der Waals surface area (Å²) in [5.74, 6) is 0. The van der Waals surface area contributed by atoms with Crippen molar-refractivity contribution in [3.8, 4) is 0 Å². The molecule has 0 aliphatic heterocycles. The van der Waals surface area contributed by atoms with Crippen LogP contribution < -0.4 is 11.1 Å². The third-order valence-corrected chi connectivity index (χ3v) is 2.66. The molecule has 0 unspecified atom stereocenters. The van der Waals surface area contributed by atoms with Crippen molar-refractivity contribution in [3.05, 3.63) is 23.8 Å². The van der Waals surface area contributed by atoms with Gasteiger partial charge in [-0.3, -0.25) is 0 Å². The van der Waals surface area contributed by atoms with Crippen LogP contribution in [0, 0.1) is 0 Å². The second kappa shape index (κ2) is 5.64. The van der Waals surface area contributed by atoms with Gasteiger partial charge in [-0.1, -0.05) is 0 Å². The van der Waals surface area contributed by atoms with Gasteiger partial charge in [0, 0.05) is 11.4 Å². The first-order chi connectivity index (χ1) is 8.78. The molecule has 5 nitrogen and oxygen atoms in total. The summed E-state index contributed by atoms with van der Waals surface area (Å²) < 4.78 is 38.5. The van der Waals surface area contributed by atoms with Gasteiger partial charge in [-0.2, -0.15) is 13.2 Å². The summed E-state index contributed by atoms with van der Waals surface area (Å²) in [5, 5.41) is 29.6. The molecule has 0 saturated heterocycles. The summed E-state index contributed by atoms with van der Waals surface area (Å²) in [6.07, 6.45) is -4.65. The third-order valence-electron chi connectivity index (χ3n) is 2.66. The lowest BCUT2D eigenvalue weighted by Crippen LogP contribution is -2.49. The molecule has 0 saturated carbocycles. The minimum atomic E-state index is -4.65. The Balaban J connectivity index is 3.21. The minimum absolute atomic E-state index is 0.0690. The molecule has 19 heavy (non-hydrogen) atoms. The molecule has 1 aromatic carbocycles. The number of rotatable bonds is 5. The highest BCUT2D eigenvalue weighted by molar-refractivity contribution is 5.60. The number of halogens is 3. The lowest BCUT2D eigenvalue weighted by atomic mass is 10.0. The number of aliphatic hydroxyl groups is 3. The van der Waals surface area contributed by atoms with Crippen molar-refractivity contribution in [1.82, 2.24) is 0 Å². The van der Waals surface area contributed by atoms with E-state index >= 15 is 0 Å². The highest BCUT2D eigenvalue weighted by Crippen LogP contribution is 2.37. The quantitative estimate of drug-likeness (QED) is 0.503. The van der Waals surface area contributed by atoms with E-state index < -0.39 is 37.1 Å². The molecule has 0 atom stereocenters. The molecule has 0 radical (unpaired) electrons. The maximum atomic E-state index is 12.8. The van der Waals surface area contributed by atoms with Gasteiger partial charge in [-0.05, 0) is 18.2 Å². The molecule has 0 amide bonds. The maximum absolute atomic E-state index is 12.8. The first-order valence-corrected chi connectivity index (χ1v) is 5.35. The van der Waals surface area contributed by atoms with E-state index in [0.29, 0.717) is 0 Å². The van der Waals surface area contributed by atoms with Crippen molar-refractivity contribution in [3.63, 3.8) is 0 Å². The van der Waals surface area contributed by atoms with E-state index in [4.69, 9.17) is 21.1 Å². The summed E-state index contributed by atoms with van der Waals surface area (Å²) in [4.78, 5) is 0. The van der Waals surface area contributed by atoms with Crippen molar-refractivity contribution in [1.29, 1.82) is 0 Å². The molecule has 1 aromatic rings. The molecule has 1 rings (SSSR count). The Kier molecular flexibility index (Phi) is 4.61. The molecular formula is C11H15F3N2O3. The summed E-state index contributed by atoms with van der Waals surface area (Å²) >= 11 is 0. The second-order valence-corrected chi connectivity index (χ2v) is 4.18. The summed E-state index contributed by atoms with van der Waals surface area (Å²) in [6.45, 7) is -2.20. The smallest absolute Gasteiger partial charge is 0.399 e. The van der Waals surface area contributed by atoms with Crippen LogP contribution in [0.15, 0.2) is 18.2 Å². The molecule has 0 bridgehead atoms. The largest absolute Gasteiger partial charge is 0.418 e. The van der Waals surface area contributed by atoms with Crippen LogP contribution in [0.2, 0.25) is 0 Å². The zero-order chi connectivity index (χ0) is 14.7. The fourth-order valence-corrected chi connectivity index (χ4v) is 1.46. The summed E-state index contributed by atoms with van der Waals surface area (Å²) in [5.41, 5.74) is 2.19. The Hall–Kier alpha value is -1.51. The number of nitrogens with two attached hydrogens (primary N) is 1. The first kappa shape index (κ1) is 15.5. The Labute approximate surface area is 107 Å². The number of alkyl halides is 3. The molecule has 0 spiro atoms. The molecule has 8 heteroatoms. The second-order valence-electron chi connectivity index (χ2n) is 4.18. The maximum Gasteiger partial charge on any atom is 0.418 e. The van der Waals surface area contributed by atoms with Gasteiger partial charge in [0.2, 0.25) is 0 Å². The number of hydrogen-bond donors (Lipinski definition) is 5. The van der Waals surface area contributed by atoms with Gasteiger partial charge in [0.25, 0.3) is 0 Å². The van der Waals surface area contributed by atoms with Gasteiger partial charge in [0.05, 0.1) is 25.4 Å². The van der Waals surface area contributed by atoms with Gasteiger partial charge < -0.3 is 26.4 Å². The molecule has 0 fully saturated rings. The average molecular weight is 280 g/mol. The van der Waals surface area contributed by atoms with Crippen LogP contribution in [0.4, 0.5) is 24.5 Å². The van der Waals surface area contributed by atoms with Crippen LogP contribution in [-0.4, -0.2) is 40.7 Å². The number of hydrogen-bond acceptors (Lipinski definition) is 5. The van der Waals surface area contributed by atoms with E-state index in [2.05, 4.69) is 5.32 Å². The molecule has 6 N–H and O–H groups in total. The van der Waals surface area contributed by atoms with Crippen molar-refractivity contribution in [2.75, 3.05) is 30.9 Å². The number of anilines is 2. The highest BCUT2D eigenvalue weighted by atomic mass is 19.4. The summed E-state index contributed by atoms with van der Waals surface area (Å²) in [7, 11) is 0. The summed E-state index contributed by atoms with van der Waals surface area (Å²) in [6, 6.07) is 3.06. The van der Waals surface area contributed by atoms with Crippen molar-refractivity contribution < 1.29 is 28.5 Å². The van der Waals surface area contributed by atoms with E-state index in [0.717, 1.165) is 12.1 Å². The standard InChI is InChI=1S/C11H15F3N2O3/c12-11(13,14)8-3-7(15)1-2-9(8)16-10(4-17,5-18)6-19/h1-3,16-19H,4-6,15H2. The molecule has 0 aliphatic carbocycles. The lowest BCUT2D eigenvalue weighted by molar-refractivity contribution is -0.137. The number of benzene rings is 1. The van der Waals surface area contributed by atoms with Gasteiger partial charge in [-0.25, -0.2) is 0 Å². The molecular weight excluding hydrogens is 265 g/mol. The van der Waals surface area contributed by atoms with Gasteiger partial charge in [-0.15, -0.1) is 0 Å². The highest BCUT2D eigenvalue weighted by Gasteiger charge is 2.36. The van der Waals surface area contributed by atoms with Crippen LogP contribution in [0.5, 0.6) is 0 Å². The van der Waals surface area contributed by atoms with E-state index in [-0.39, 0.29) is 11.4 Å². The molecule has 0 aromatic heterocycles. The van der Waals surface area contributed by atoms with E-state index in [1.165, 1.54) is 6.07 Å². The first-order valence-electron chi connectivity index (χ1n) is 5.35. The third kappa shape index (κ3) is 3.49. The zero-order valence-corrected chi connectivity index (χ0v) is 9.91. The van der Waals surface area contributed by atoms with Crippen LogP contribution in [-0.2, 0) is 6.18 Å². The van der Waals surface area contributed by atoms with Crippen molar-refractivity contribution in [2.24, 2.45) is 0 Å². The van der Waals surface area contributed by atoms with Crippen molar-refractivity contribution in [2.45, 2.75) is 11.7 Å². The molecule has 0 aliphatic rings. The Morgan fingerprint density at radius 1 is 1.05 bits per heavy atom. The van der Waals surface area contributed by atoms with E-state index in [9.17, 15) is 13.2 Å². The number of nitrogen functional groups attached to an aromatic ring is 1. The topological polar surface area (TPSA) is 98.7 Å². The minimum Gasteiger partial charge on any atom is -0.399 e. The average Bonchev–Trinajstić information content (AvgIpc) is 2.37. The van der Waals surface area contributed by atoms with Gasteiger partial charge in [0.15, 0.2) is 0 Å². The predicted molar refractivity (Wildman–Crippen MR) is 63.5 cm³/mol. The van der Waals surface area contributed by atoms with Crippen LogP contribution in [0.1, 0.15) is 5.56 Å². The van der Waals surface area contributed by atoms with Crippen LogP contribution in [0.3, 0.4) is 0 Å². The normalized spacial score (nSPS) is 12.5. The fraction of sp³-hybridized carbons (Fsp3) is 0.455. The zero-order valence-electron chi connectivity index (χ0n) is 9.91. The van der Waals surface area contributed by atoms with Crippen LogP contribution in [0.25, 0.3) is 0 Å². The fourth-order valence-electron chi connectivity index (χ4n) is 1.46. The SMILES string of the molecule is Nc1ccc(NC(CO)(CO)CO)c(C(F)(F)F)c1. The van der Waals surface area contributed by atoms with E-state index in [1.807, 2.05) is 0 Å². The Bertz CT molecular complexity index is 425. The monoisotopic (exact) mass is 280 g/mol. The van der Waals surface area contributed by atoms with E-state index in [1.54, 1.807) is 0 Å². The van der Waals surface area contributed by atoms with Gasteiger partial charge in [0.1, 0.15) is 5.54 Å². The number of aliphatic hydroxyl groups excluding tert-OH is 3. The molecule has 108 valence electrons. The predicted octanol–water partition coefficient (Wildman–Crippen LogP) is 0.415. The number of nitrogens with one attached hydrogen (secondary N) is 1.